The largest absolute Gasteiger partial charge is 0.459 e. The number of carbonyl (C=O) groups is 1. The second-order valence-electron chi connectivity index (χ2n) is 4.72. The molecule has 0 bridgehead atoms. The number of aryl methyl sites for hydroxylation is 1. The Bertz CT molecular complexity index is 493. The normalized spacial score (nSPS) is 22.2. The van der Waals surface area contributed by atoms with Crippen molar-refractivity contribution in [1.29, 1.82) is 0 Å². The summed E-state index contributed by atoms with van der Waals surface area (Å²) in [5.74, 6) is 5.86. The van der Waals surface area contributed by atoms with Crippen LogP contribution in [0, 0.1) is 18.8 Å². The maximum absolute atomic E-state index is 11.0. The number of esters is 1. The first kappa shape index (κ1) is 13.6. The van der Waals surface area contributed by atoms with Crippen molar-refractivity contribution in [2.45, 2.75) is 38.9 Å². The maximum atomic E-state index is 11.0. The Kier molecular flexibility index (Phi) is 4.59. The van der Waals surface area contributed by atoms with Crippen LogP contribution in [0.5, 0.6) is 0 Å². The van der Waals surface area contributed by atoms with Crippen molar-refractivity contribution in [2.75, 3.05) is 6.61 Å². The van der Waals surface area contributed by atoms with Gasteiger partial charge in [0.1, 0.15) is 6.10 Å². The maximum Gasteiger partial charge on any atom is 0.303 e. The quantitative estimate of drug-likeness (QED) is 0.573. The fraction of sp³-hybridized carbons (Fsp3) is 0.438. The molecule has 2 atom stereocenters. The van der Waals surface area contributed by atoms with Crippen LogP contribution < -0.4 is 0 Å². The molecule has 0 saturated carbocycles. The molecule has 0 aliphatic carbocycles. The molecule has 1 saturated heterocycles. The Morgan fingerprint density at radius 2 is 2.11 bits per heavy atom. The van der Waals surface area contributed by atoms with Gasteiger partial charge in [0.25, 0.3) is 0 Å². The second kappa shape index (κ2) is 6.40. The van der Waals surface area contributed by atoms with Gasteiger partial charge in [0, 0.05) is 19.1 Å². The highest BCUT2D eigenvalue weighted by atomic mass is 16.6. The van der Waals surface area contributed by atoms with Crippen LogP contribution in [0.3, 0.4) is 0 Å². The predicted octanol–water partition coefficient (Wildman–Crippen LogP) is 2.46. The number of rotatable bonds is 1. The lowest BCUT2D eigenvalue weighted by atomic mass is 10.0. The Labute approximate surface area is 113 Å². The van der Waals surface area contributed by atoms with E-state index in [1.807, 2.05) is 31.2 Å². The Balaban J connectivity index is 2.07. The van der Waals surface area contributed by atoms with E-state index in [0.717, 1.165) is 18.4 Å². The van der Waals surface area contributed by atoms with Gasteiger partial charge < -0.3 is 9.47 Å². The number of carbonyl (C=O) groups excluding carboxylic acids is 1. The molecule has 0 amide bonds. The van der Waals surface area contributed by atoms with Crippen LogP contribution in [0.2, 0.25) is 0 Å². The smallest absolute Gasteiger partial charge is 0.303 e. The number of ether oxygens (including phenoxy) is 2. The number of hydrogen-bond donors (Lipinski definition) is 0. The van der Waals surface area contributed by atoms with E-state index >= 15 is 0 Å². The standard InChI is InChI=1S/C16H18O3/c1-12-5-7-14(8-6-12)9-10-15-16(19-13(2)17)4-3-11-18-15/h5-8,15-16H,3-4,11H2,1-2H3/t15-,16+/m0/s1. The van der Waals surface area contributed by atoms with Crippen molar-refractivity contribution >= 4 is 5.97 Å². The molecule has 1 aromatic rings. The summed E-state index contributed by atoms with van der Waals surface area (Å²) in [6, 6.07) is 8.00. The van der Waals surface area contributed by atoms with Crippen molar-refractivity contribution in [3.63, 3.8) is 0 Å². The first-order valence-corrected chi connectivity index (χ1v) is 6.52. The molecule has 3 heteroatoms. The van der Waals surface area contributed by atoms with Crippen LogP contribution in [0.1, 0.15) is 30.9 Å². The average Bonchev–Trinajstić information content (AvgIpc) is 2.39. The van der Waals surface area contributed by atoms with E-state index in [1.165, 1.54) is 12.5 Å². The minimum absolute atomic E-state index is 0.246. The van der Waals surface area contributed by atoms with Gasteiger partial charge in [0.2, 0.25) is 0 Å². The molecule has 0 spiro atoms. The van der Waals surface area contributed by atoms with Gasteiger partial charge in [-0.2, -0.15) is 0 Å². The number of benzene rings is 1. The molecule has 1 fully saturated rings. The van der Waals surface area contributed by atoms with Gasteiger partial charge >= 0.3 is 5.97 Å². The van der Waals surface area contributed by atoms with Crippen LogP contribution in [-0.2, 0) is 14.3 Å². The Morgan fingerprint density at radius 3 is 2.79 bits per heavy atom. The monoisotopic (exact) mass is 258 g/mol. The van der Waals surface area contributed by atoms with E-state index in [0.29, 0.717) is 6.61 Å². The molecule has 0 aromatic heterocycles. The third-order valence-corrected chi connectivity index (χ3v) is 3.00. The minimum atomic E-state index is -0.320. The Hall–Kier alpha value is -1.79. The summed E-state index contributed by atoms with van der Waals surface area (Å²) in [6.45, 7) is 4.13. The summed E-state index contributed by atoms with van der Waals surface area (Å²) >= 11 is 0. The van der Waals surface area contributed by atoms with Crippen molar-refractivity contribution in [3.8, 4) is 11.8 Å². The van der Waals surface area contributed by atoms with Gasteiger partial charge in [-0.15, -0.1) is 0 Å². The van der Waals surface area contributed by atoms with Gasteiger partial charge in [-0.3, -0.25) is 4.79 Å². The summed E-state index contributed by atoms with van der Waals surface area (Å²) in [5.41, 5.74) is 2.15. The molecule has 19 heavy (non-hydrogen) atoms. The topological polar surface area (TPSA) is 35.5 Å². The molecule has 0 unspecified atom stereocenters. The van der Waals surface area contributed by atoms with Crippen molar-refractivity contribution in [1.82, 2.24) is 0 Å². The van der Waals surface area contributed by atoms with Gasteiger partial charge in [0.15, 0.2) is 6.10 Å². The zero-order chi connectivity index (χ0) is 13.7. The highest BCUT2D eigenvalue weighted by Gasteiger charge is 2.26. The van der Waals surface area contributed by atoms with E-state index < -0.39 is 0 Å². The highest BCUT2D eigenvalue weighted by molar-refractivity contribution is 5.66. The lowest BCUT2D eigenvalue weighted by molar-refractivity contribution is -0.156. The third kappa shape index (κ3) is 4.11. The first-order valence-electron chi connectivity index (χ1n) is 6.52. The molecular formula is C16H18O3. The summed E-state index contributed by atoms with van der Waals surface area (Å²) < 4.78 is 10.8. The van der Waals surface area contributed by atoms with Gasteiger partial charge in [0.05, 0.1) is 0 Å². The van der Waals surface area contributed by atoms with Crippen LogP contribution in [0.15, 0.2) is 24.3 Å². The fourth-order valence-electron chi connectivity index (χ4n) is 2.01. The Morgan fingerprint density at radius 1 is 1.37 bits per heavy atom. The van der Waals surface area contributed by atoms with Gasteiger partial charge in [-0.1, -0.05) is 29.5 Å². The second-order valence-corrected chi connectivity index (χ2v) is 4.72. The lowest BCUT2D eigenvalue weighted by Gasteiger charge is -2.27. The molecule has 3 nitrogen and oxygen atoms in total. The SMILES string of the molecule is CC(=O)O[C@@H]1CCCO[C@H]1C#Cc1ccc(C)cc1. The van der Waals surface area contributed by atoms with Crippen molar-refractivity contribution < 1.29 is 14.3 Å². The predicted molar refractivity (Wildman–Crippen MR) is 72.6 cm³/mol. The van der Waals surface area contributed by atoms with Crippen molar-refractivity contribution in [2.24, 2.45) is 0 Å². The summed E-state index contributed by atoms with van der Waals surface area (Å²) in [6.07, 6.45) is 1.15. The molecule has 1 aromatic carbocycles. The zero-order valence-corrected chi connectivity index (χ0v) is 11.3. The summed E-state index contributed by atoms with van der Waals surface area (Å²) in [7, 11) is 0. The highest BCUT2D eigenvalue weighted by Crippen LogP contribution is 2.17. The van der Waals surface area contributed by atoms with Crippen molar-refractivity contribution in [3.05, 3.63) is 35.4 Å². The van der Waals surface area contributed by atoms with Crippen LogP contribution in [-0.4, -0.2) is 24.8 Å². The van der Waals surface area contributed by atoms with Crippen LogP contribution in [0.4, 0.5) is 0 Å². The molecule has 2 rings (SSSR count). The molecule has 1 heterocycles. The molecule has 100 valence electrons. The fourth-order valence-corrected chi connectivity index (χ4v) is 2.01. The molecule has 0 radical (unpaired) electrons. The minimum Gasteiger partial charge on any atom is -0.459 e. The first-order chi connectivity index (χ1) is 9.15. The van der Waals surface area contributed by atoms with Gasteiger partial charge in [-0.05, 0) is 31.9 Å². The molecule has 1 aliphatic rings. The zero-order valence-electron chi connectivity index (χ0n) is 11.3. The van der Waals surface area contributed by atoms with Crippen LogP contribution in [0.25, 0.3) is 0 Å². The van der Waals surface area contributed by atoms with E-state index in [2.05, 4.69) is 11.8 Å². The third-order valence-electron chi connectivity index (χ3n) is 3.00. The van der Waals surface area contributed by atoms with E-state index in [4.69, 9.17) is 9.47 Å². The summed E-state index contributed by atoms with van der Waals surface area (Å²) in [4.78, 5) is 11.0. The molecule has 0 N–H and O–H groups in total. The number of hydrogen-bond acceptors (Lipinski definition) is 3. The van der Waals surface area contributed by atoms with Gasteiger partial charge in [-0.25, -0.2) is 0 Å². The molecule has 1 aliphatic heterocycles. The van der Waals surface area contributed by atoms with E-state index in [-0.39, 0.29) is 18.2 Å². The van der Waals surface area contributed by atoms with E-state index in [1.54, 1.807) is 0 Å². The summed E-state index contributed by atoms with van der Waals surface area (Å²) in [5, 5.41) is 0. The van der Waals surface area contributed by atoms with E-state index in [9.17, 15) is 4.79 Å². The molecular weight excluding hydrogens is 240 g/mol. The average molecular weight is 258 g/mol. The lowest BCUT2D eigenvalue weighted by Crippen LogP contribution is -2.36. The van der Waals surface area contributed by atoms with Crippen LogP contribution >= 0.6 is 0 Å².